The zero-order chi connectivity index (χ0) is 11.3. The van der Waals surface area contributed by atoms with Gasteiger partial charge in [-0.05, 0) is 15.9 Å². The van der Waals surface area contributed by atoms with Crippen molar-refractivity contribution < 1.29 is 9.53 Å². The Morgan fingerprint density at radius 3 is 2.88 bits per heavy atom. The predicted octanol–water partition coefficient (Wildman–Crippen LogP) is 0.557. The molecule has 0 bridgehead atoms. The molecule has 0 radical (unpaired) electrons. The van der Waals surface area contributed by atoms with Crippen molar-refractivity contribution >= 4 is 21.8 Å². The summed E-state index contributed by atoms with van der Waals surface area (Å²) >= 11 is 3.32. The molecule has 16 heavy (non-hydrogen) atoms. The van der Waals surface area contributed by atoms with Crippen molar-refractivity contribution in [1.82, 2.24) is 15.1 Å². The molecule has 1 aromatic rings. The first kappa shape index (κ1) is 10.3. The molecule has 3 rings (SSSR count). The zero-order valence-electron chi connectivity index (χ0n) is 8.81. The third kappa shape index (κ3) is 1.56. The molecule has 1 N–H and O–H groups in total. The number of aromatic nitrogens is 2. The van der Waals surface area contributed by atoms with Gasteiger partial charge in [-0.3, -0.25) is 9.48 Å². The fraction of sp³-hybridized carbons (Fsp3) is 0.600. The van der Waals surface area contributed by atoms with Crippen LogP contribution in [0, 0.1) is 11.8 Å². The van der Waals surface area contributed by atoms with Crippen LogP contribution in [0.3, 0.4) is 0 Å². The van der Waals surface area contributed by atoms with Crippen LogP contribution < -0.4 is 5.32 Å². The summed E-state index contributed by atoms with van der Waals surface area (Å²) in [5.74, 6) is 0.935. The molecule has 1 aliphatic carbocycles. The number of carbonyl (C=O) groups excluding carboxylic acids is 1. The summed E-state index contributed by atoms with van der Waals surface area (Å²) < 4.78 is 7.62. The zero-order valence-corrected chi connectivity index (χ0v) is 10.4. The number of nitrogens with zero attached hydrogens (tertiary/aromatic N) is 2. The molecule has 1 saturated heterocycles. The SMILES string of the molecule is Cn1cc(Br)c(C(=O)NC2[C@H]3COC[C@@H]23)n1. The molecular weight excluding hydrogens is 274 g/mol. The lowest BCUT2D eigenvalue weighted by atomic mass is 10.4. The van der Waals surface area contributed by atoms with Crippen LogP contribution in [0.2, 0.25) is 0 Å². The van der Waals surface area contributed by atoms with Gasteiger partial charge in [0.05, 0.1) is 17.7 Å². The van der Waals surface area contributed by atoms with Crippen molar-refractivity contribution in [2.24, 2.45) is 18.9 Å². The van der Waals surface area contributed by atoms with Gasteiger partial charge in [0, 0.05) is 31.1 Å². The highest BCUT2D eigenvalue weighted by Gasteiger charge is 2.54. The van der Waals surface area contributed by atoms with Crippen LogP contribution in [0.15, 0.2) is 10.7 Å². The molecule has 1 aromatic heterocycles. The van der Waals surface area contributed by atoms with Gasteiger partial charge in [-0.25, -0.2) is 0 Å². The number of halogens is 1. The molecule has 1 amide bonds. The minimum Gasteiger partial charge on any atom is -0.381 e. The van der Waals surface area contributed by atoms with Crippen LogP contribution >= 0.6 is 15.9 Å². The summed E-state index contributed by atoms with van der Waals surface area (Å²) in [5, 5.41) is 7.11. The van der Waals surface area contributed by atoms with E-state index in [1.54, 1.807) is 17.9 Å². The summed E-state index contributed by atoms with van der Waals surface area (Å²) in [5.41, 5.74) is 0.452. The normalized spacial score (nSPS) is 31.2. The number of ether oxygens (including phenoxy) is 1. The number of rotatable bonds is 2. The Morgan fingerprint density at radius 2 is 2.31 bits per heavy atom. The Kier molecular flexibility index (Phi) is 2.29. The van der Waals surface area contributed by atoms with E-state index in [2.05, 4.69) is 26.3 Å². The van der Waals surface area contributed by atoms with Crippen molar-refractivity contribution in [3.63, 3.8) is 0 Å². The number of hydrogen-bond acceptors (Lipinski definition) is 3. The van der Waals surface area contributed by atoms with Crippen molar-refractivity contribution in [2.45, 2.75) is 6.04 Å². The number of amides is 1. The Bertz CT molecular complexity index is 435. The molecule has 2 fully saturated rings. The van der Waals surface area contributed by atoms with Crippen LogP contribution in [-0.4, -0.2) is 34.9 Å². The van der Waals surface area contributed by atoms with E-state index < -0.39 is 0 Å². The third-order valence-electron chi connectivity index (χ3n) is 3.25. The molecule has 2 heterocycles. The molecule has 0 spiro atoms. The Hall–Kier alpha value is -0.880. The van der Waals surface area contributed by atoms with Gasteiger partial charge in [0.25, 0.3) is 5.91 Å². The van der Waals surface area contributed by atoms with Gasteiger partial charge in [0.2, 0.25) is 0 Å². The first-order valence-electron chi connectivity index (χ1n) is 5.24. The molecule has 1 saturated carbocycles. The molecule has 1 unspecified atom stereocenters. The minimum atomic E-state index is -0.105. The average Bonchev–Trinajstić information content (AvgIpc) is 2.66. The molecule has 5 nitrogen and oxygen atoms in total. The van der Waals surface area contributed by atoms with E-state index in [0.717, 1.165) is 17.7 Å². The summed E-state index contributed by atoms with van der Waals surface area (Å²) in [6.45, 7) is 1.55. The van der Waals surface area contributed by atoms with Crippen molar-refractivity contribution in [2.75, 3.05) is 13.2 Å². The summed E-state index contributed by atoms with van der Waals surface area (Å²) in [6, 6.07) is 0.287. The third-order valence-corrected chi connectivity index (χ3v) is 3.83. The maximum atomic E-state index is 11.9. The van der Waals surface area contributed by atoms with E-state index in [1.165, 1.54) is 0 Å². The minimum absolute atomic E-state index is 0.105. The van der Waals surface area contributed by atoms with Gasteiger partial charge >= 0.3 is 0 Å². The van der Waals surface area contributed by atoms with Crippen LogP contribution in [0.1, 0.15) is 10.5 Å². The van der Waals surface area contributed by atoms with Crippen LogP contribution in [-0.2, 0) is 11.8 Å². The highest BCUT2D eigenvalue weighted by atomic mass is 79.9. The van der Waals surface area contributed by atoms with Crippen molar-refractivity contribution in [1.29, 1.82) is 0 Å². The lowest BCUT2D eigenvalue weighted by Crippen LogP contribution is -2.30. The molecule has 2 aliphatic rings. The first-order valence-corrected chi connectivity index (χ1v) is 6.04. The molecular formula is C10H12BrN3O2. The Morgan fingerprint density at radius 1 is 1.62 bits per heavy atom. The highest BCUT2D eigenvalue weighted by molar-refractivity contribution is 9.10. The fourth-order valence-electron chi connectivity index (χ4n) is 2.29. The second-order valence-corrected chi connectivity index (χ2v) is 5.22. The lowest BCUT2D eigenvalue weighted by Gasteiger charge is -2.05. The number of hydrogen-bond donors (Lipinski definition) is 1. The molecule has 3 atom stereocenters. The van der Waals surface area contributed by atoms with Crippen LogP contribution in [0.25, 0.3) is 0 Å². The molecule has 6 heteroatoms. The van der Waals surface area contributed by atoms with E-state index in [9.17, 15) is 4.79 Å². The monoisotopic (exact) mass is 285 g/mol. The molecule has 86 valence electrons. The molecule has 0 aromatic carbocycles. The lowest BCUT2D eigenvalue weighted by molar-refractivity contribution is 0.0922. The topological polar surface area (TPSA) is 56.2 Å². The van der Waals surface area contributed by atoms with Crippen molar-refractivity contribution in [3.8, 4) is 0 Å². The quantitative estimate of drug-likeness (QED) is 0.864. The summed E-state index contributed by atoms with van der Waals surface area (Å²) in [6.07, 6.45) is 1.77. The van der Waals surface area contributed by atoms with E-state index in [1.807, 2.05) is 0 Å². The smallest absolute Gasteiger partial charge is 0.273 e. The van der Waals surface area contributed by atoms with Gasteiger partial charge in [-0.1, -0.05) is 0 Å². The van der Waals surface area contributed by atoms with E-state index in [0.29, 0.717) is 17.5 Å². The van der Waals surface area contributed by atoms with E-state index in [-0.39, 0.29) is 11.9 Å². The summed E-state index contributed by atoms with van der Waals surface area (Å²) in [7, 11) is 1.79. The second-order valence-electron chi connectivity index (χ2n) is 4.36. The van der Waals surface area contributed by atoms with E-state index >= 15 is 0 Å². The number of fused-ring (bicyclic) bond motifs is 1. The first-order chi connectivity index (χ1) is 7.66. The van der Waals surface area contributed by atoms with Crippen LogP contribution in [0.5, 0.6) is 0 Å². The molecule has 1 aliphatic heterocycles. The van der Waals surface area contributed by atoms with Gasteiger partial charge in [-0.2, -0.15) is 5.10 Å². The predicted molar refractivity (Wildman–Crippen MR) is 60.0 cm³/mol. The maximum absolute atomic E-state index is 11.9. The second kappa shape index (κ2) is 3.56. The van der Waals surface area contributed by atoms with Gasteiger partial charge in [0.15, 0.2) is 5.69 Å². The Labute approximate surface area is 101 Å². The van der Waals surface area contributed by atoms with E-state index in [4.69, 9.17) is 4.74 Å². The number of carbonyl (C=O) groups is 1. The fourth-order valence-corrected chi connectivity index (χ4v) is 2.84. The highest BCUT2D eigenvalue weighted by Crippen LogP contribution is 2.44. The van der Waals surface area contributed by atoms with Gasteiger partial charge < -0.3 is 10.1 Å². The summed E-state index contributed by atoms with van der Waals surface area (Å²) in [4.78, 5) is 11.9. The average molecular weight is 286 g/mol. The largest absolute Gasteiger partial charge is 0.381 e. The van der Waals surface area contributed by atoms with Gasteiger partial charge in [0.1, 0.15) is 0 Å². The van der Waals surface area contributed by atoms with Crippen molar-refractivity contribution in [3.05, 3.63) is 16.4 Å². The Balaban J connectivity index is 1.68. The standard InChI is InChI=1S/C10H12BrN3O2/c1-14-2-7(11)9(13-14)10(15)12-8-5-3-16-4-6(5)8/h2,5-6,8H,3-4H2,1H3,(H,12,15)/t5-,6+,8?. The number of nitrogens with one attached hydrogen (secondary N) is 1. The maximum Gasteiger partial charge on any atom is 0.273 e. The van der Waals surface area contributed by atoms with Crippen LogP contribution in [0.4, 0.5) is 0 Å². The number of aryl methyl sites for hydroxylation is 1. The van der Waals surface area contributed by atoms with Gasteiger partial charge in [-0.15, -0.1) is 0 Å².